The van der Waals surface area contributed by atoms with Gasteiger partial charge in [0.05, 0.1) is 0 Å². The van der Waals surface area contributed by atoms with Crippen molar-refractivity contribution in [1.29, 1.82) is 0 Å². The molecule has 0 atom stereocenters. The molecule has 0 saturated carbocycles. The summed E-state index contributed by atoms with van der Waals surface area (Å²) < 4.78 is 0. The van der Waals surface area contributed by atoms with Crippen molar-refractivity contribution in [3.63, 3.8) is 0 Å². The molecule has 0 spiro atoms. The van der Waals surface area contributed by atoms with Crippen molar-refractivity contribution in [3.05, 3.63) is 64.2 Å². The van der Waals surface area contributed by atoms with Crippen LogP contribution in [0.2, 0.25) is 5.02 Å². The second-order valence-corrected chi connectivity index (χ2v) is 6.02. The van der Waals surface area contributed by atoms with Gasteiger partial charge in [0, 0.05) is 28.4 Å². The van der Waals surface area contributed by atoms with Crippen LogP contribution in [0.3, 0.4) is 0 Å². The van der Waals surface area contributed by atoms with Gasteiger partial charge in [0.2, 0.25) is 0 Å². The van der Waals surface area contributed by atoms with Gasteiger partial charge in [-0.3, -0.25) is 4.99 Å². The molecule has 0 N–H and O–H groups in total. The van der Waals surface area contributed by atoms with Crippen molar-refractivity contribution in [2.24, 2.45) is 4.99 Å². The maximum Gasteiger partial charge on any atom is 0.0443 e. The topological polar surface area (TPSA) is 12.4 Å². The number of rotatable bonds is 6. The van der Waals surface area contributed by atoms with Gasteiger partial charge in [-0.2, -0.15) is 0 Å². The third-order valence-corrected chi connectivity index (χ3v) is 3.29. The molecule has 0 heterocycles. The van der Waals surface area contributed by atoms with Crippen molar-refractivity contribution in [3.8, 4) is 12.3 Å². The quantitative estimate of drug-likeness (QED) is 0.339. The van der Waals surface area contributed by atoms with Gasteiger partial charge in [-0.05, 0) is 57.0 Å². The molecule has 0 aliphatic heterocycles. The van der Waals surface area contributed by atoms with Crippen LogP contribution in [0.15, 0.2) is 58.6 Å². The fraction of sp³-hybridized carbons (Fsp3) is 0.286. The second-order valence-electron chi connectivity index (χ2n) is 5.58. The van der Waals surface area contributed by atoms with Crippen LogP contribution in [0.1, 0.15) is 39.7 Å². The Morgan fingerprint density at radius 1 is 1.35 bits per heavy atom. The standard InChI is InChI=1S/C21H24ClN/c1-6-9-17(5)12-18(7-2)13-20(15-23-16(3)4)19-10-8-11-21(22)14-19/h2,8-16H,6H2,1,3-5H3/b17-9-,18-12+,20-13+,23-15?. The molecule has 0 aromatic heterocycles. The number of benzene rings is 1. The number of hydrogen-bond acceptors (Lipinski definition) is 1. The van der Waals surface area contributed by atoms with Crippen molar-refractivity contribution in [2.45, 2.75) is 40.2 Å². The maximum atomic E-state index is 6.11. The largest absolute Gasteiger partial charge is 0.290 e. The number of allylic oxidation sites excluding steroid dienone is 6. The van der Waals surface area contributed by atoms with Crippen LogP contribution >= 0.6 is 11.6 Å². The smallest absolute Gasteiger partial charge is 0.0443 e. The zero-order valence-electron chi connectivity index (χ0n) is 14.3. The molecule has 0 aliphatic rings. The van der Waals surface area contributed by atoms with Crippen molar-refractivity contribution >= 4 is 23.4 Å². The molecule has 23 heavy (non-hydrogen) atoms. The van der Waals surface area contributed by atoms with Crippen LogP contribution in [-0.4, -0.2) is 12.3 Å². The molecule has 1 aromatic rings. The number of aliphatic imine (C=N–C) groups is 1. The van der Waals surface area contributed by atoms with Gasteiger partial charge in [0.1, 0.15) is 0 Å². The molecular formula is C21H24ClN. The predicted octanol–water partition coefficient (Wildman–Crippen LogP) is 6.12. The minimum Gasteiger partial charge on any atom is -0.290 e. The van der Waals surface area contributed by atoms with E-state index in [9.17, 15) is 0 Å². The molecule has 1 aromatic carbocycles. The summed E-state index contributed by atoms with van der Waals surface area (Å²) in [5, 5.41) is 0.694. The Morgan fingerprint density at radius 2 is 2.09 bits per heavy atom. The average molecular weight is 326 g/mol. The van der Waals surface area contributed by atoms with Crippen molar-refractivity contribution in [2.75, 3.05) is 0 Å². The fourth-order valence-electron chi connectivity index (χ4n) is 2.01. The lowest BCUT2D eigenvalue weighted by Gasteiger charge is -2.05. The van der Waals surface area contributed by atoms with Gasteiger partial charge < -0.3 is 0 Å². The van der Waals surface area contributed by atoms with Gasteiger partial charge >= 0.3 is 0 Å². The van der Waals surface area contributed by atoms with E-state index in [0.29, 0.717) is 5.02 Å². The van der Waals surface area contributed by atoms with Crippen molar-refractivity contribution in [1.82, 2.24) is 0 Å². The lowest BCUT2D eigenvalue weighted by atomic mass is 10.0. The number of terminal acetylenes is 1. The Balaban J connectivity index is 3.33. The number of halogens is 1. The number of nitrogens with zero attached hydrogens (tertiary/aromatic N) is 1. The molecule has 0 fully saturated rings. The fourth-order valence-corrected chi connectivity index (χ4v) is 2.20. The normalized spacial score (nSPS) is 13.7. The summed E-state index contributed by atoms with van der Waals surface area (Å²) in [5.41, 5.74) is 3.93. The van der Waals surface area contributed by atoms with E-state index in [4.69, 9.17) is 18.0 Å². The first kappa shape index (κ1) is 19.0. The van der Waals surface area contributed by atoms with E-state index in [1.165, 1.54) is 0 Å². The van der Waals surface area contributed by atoms with E-state index >= 15 is 0 Å². The summed E-state index contributed by atoms with van der Waals surface area (Å²) >= 11 is 6.11. The first-order chi connectivity index (χ1) is 11.0. The Morgan fingerprint density at radius 3 is 2.65 bits per heavy atom. The Kier molecular flexibility index (Phi) is 8.16. The van der Waals surface area contributed by atoms with Gasteiger partial charge in [0.25, 0.3) is 0 Å². The molecule has 1 rings (SSSR count). The Bertz CT molecular complexity index is 682. The van der Waals surface area contributed by atoms with E-state index < -0.39 is 0 Å². The van der Waals surface area contributed by atoms with E-state index in [1.54, 1.807) is 0 Å². The highest BCUT2D eigenvalue weighted by Gasteiger charge is 2.02. The highest BCUT2D eigenvalue weighted by molar-refractivity contribution is 6.31. The molecule has 0 amide bonds. The van der Waals surface area contributed by atoms with Crippen LogP contribution in [0, 0.1) is 12.3 Å². The van der Waals surface area contributed by atoms with Crippen LogP contribution in [-0.2, 0) is 0 Å². The molecule has 2 heteroatoms. The summed E-state index contributed by atoms with van der Waals surface area (Å²) in [4.78, 5) is 4.49. The summed E-state index contributed by atoms with van der Waals surface area (Å²) in [5.74, 6) is 2.74. The summed E-state index contributed by atoms with van der Waals surface area (Å²) in [6.45, 7) is 8.24. The van der Waals surface area contributed by atoms with Crippen molar-refractivity contribution < 1.29 is 0 Å². The van der Waals surface area contributed by atoms with Crippen LogP contribution in [0.4, 0.5) is 0 Å². The lowest BCUT2D eigenvalue weighted by molar-refractivity contribution is 0.842. The summed E-state index contributed by atoms with van der Waals surface area (Å²) in [7, 11) is 0. The third kappa shape index (κ3) is 7.17. The molecule has 0 radical (unpaired) electrons. The molecule has 0 saturated heterocycles. The zero-order chi connectivity index (χ0) is 17.2. The molecule has 0 aliphatic carbocycles. The van der Waals surface area contributed by atoms with Gasteiger partial charge in [-0.1, -0.05) is 48.2 Å². The molecular weight excluding hydrogens is 302 g/mol. The zero-order valence-corrected chi connectivity index (χ0v) is 15.1. The minimum atomic E-state index is 0.220. The summed E-state index contributed by atoms with van der Waals surface area (Å²) in [6.07, 6.45) is 14.6. The van der Waals surface area contributed by atoms with Gasteiger partial charge in [0.15, 0.2) is 0 Å². The van der Waals surface area contributed by atoms with E-state index in [-0.39, 0.29) is 6.04 Å². The Hall–Kier alpha value is -2.04. The second kappa shape index (κ2) is 9.87. The first-order valence-electron chi connectivity index (χ1n) is 7.82. The van der Waals surface area contributed by atoms with Crippen LogP contribution in [0.25, 0.3) is 5.57 Å². The van der Waals surface area contributed by atoms with Crippen LogP contribution in [0.5, 0.6) is 0 Å². The van der Waals surface area contributed by atoms with E-state index in [0.717, 1.165) is 28.7 Å². The van der Waals surface area contributed by atoms with E-state index in [1.807, 2.05) is 56.5 Å². The maximum absolute atomic E-state index is 6.11. The Labute approximate surface area is 145 Å². The van der Waals surface area contributed by atoms with Gasteiger partial charge in [-0.25, -0.2) is 0 Å². The molecule has 0 bridgehead atoms. The average Bonchev–Trinajstić information content (AvgIpc) is 2.50. The van der Waals surface area contributed by atoms with Crippen LogP contribution < -0.4 is 0 Å². The monoisotopic (exact) mass is 325 g/mol. The first-order valence-corrected chi connectivity index (χ1v) is 8.20. The minimum absolute atomic E-state index is 0.220. The van der Waals surface area contributed by atoms with Gasteiger partial charge in [-0.15, -0.1) is 6.42 Å². The number of hydrogen-bond donors (Lipinski definition) is 0. The SMILES string of the molecule is C#CC(=C\C(C)=C/CC)/C=C(\C=NC(C)C)c1cccc(Cl)c1. The van der Waals surface area contributed by atoms with E-state index in [2.05, 4.69) is 30.8 Å². The molecule has 120 valence electrons. The highest BCUT2D eigenvalue weighted by atomic mass is 35.5. The highest BCUT2D eigenvalue weighted by Crippen LogP contribution is 2.20. The molecule has 0 unspecified atom stereocenters. The predicted molar refractivity (Wildman–Crippen MR) is 104 cm³/mol. The third-order valence-electron chi connectivity index (χ3n) is 3.06. The lowest BCUT2D eigenvalue weighted by Crippen LogP contribution is -1.93. The molecule has 1 nitrogen and oxygen atoms in total. The summed E-state index contributed by atoms with van der Waals surface area (Å²) in [6, 6.07) is 7.93.